The number of nitrogens with one attached hydrogen (secondary N) is 3. The van der Waals surface area contributed by atoms with Crippen LogP contribution in [0.15, 0.2) is 10.5 Å². The summed E-state index contributed by atoms with van der Waals surface area (Å²) >= 11 is 6.36. The second-order valence-corrected chi connectivity index (χ2v) is 8.26. The van der Waals surface area contributed by atoms with Crippen LogP contribution in [0.25, 0.3) is 0 Å². The zero-order valence-corrected chi connectivity index (χ0v) is 21.3. The normalized spacial score (nSPS) is 18.2. The van der Waals surface area contributed by atoms with Crippen molar-refractivity contribution in [2.45, 2.75) is 19.0 Å². The van der Waals surface area contributed by atoms with Crippen molar-refractivity contribution < 1.29 is 66.5 Å². The molecule has 0 aliphatic carbocycles. The maximum atomic E-state index is 12.7. The summed E-state index contributed by atoms with van der Waals surface area (Å²) in [5.41, 5.74) is -0.410. The molecule has 2 atom stereocenters. The van der Waals surface area contributed by atoms with E-state index >= 15 is 0 Å². The number of hydrogen-bond donors (Lipinski definition) is 3. The van der Waals surface area contributed by atoms with E-state index in [0.29, 0.717) is 0 Å². The van der Waals surface area contributed by atoms with Gasteiger partial charge in [-0.15, -0.1) is 22.9 Å². The summed E-state index contributed by atoms with van der Waals surface area (Å²) in [5, 5.41) is 11.9. The van der Waals surface area contributed by atoms with E-state index in [0.717, 1.165) is 25.4 Å². The van der Waals surface area contributed by atoms with Crippen molar-refractivity contribution in [3.05, 3.63) is 11.1 Å². The van der Waals surface area contributed by atoms with E-state index in [-0.39, 0.29) is 56.3 Å². The van der Waals surface area contributed by atoms with Crippen LogP contribution in [0.3, 0.4) is 0 Å². The van der Waals surface area contributed by atoms with Gasteiger partial charge in [-0.05, 0) is 0 Å². The summed E-state index contributed by atoms with van der Waals surface area (Å²) in [5.74, 6) is -3.53. The maximum absolute atomic E-state index is 12.7. The molecule has 0 unspecified atom stereocenters. The molecule has 0 radical (unpaired) electrons. The van der Waals surface area contributed by atoms with Crippen LogP contribution in [0.1, 0.15) is 12.6 Å². The van der Waals surface area contributed by atoms with Crippen LogP contribution in [-0.4, -0.2) is 83.2 Å². The number of rotatable bonds is 9. The molecule has 170 valence electrons. The van der Waals surface area contributed by atoms with Gasteiger partial charge in [-0.2, -0.15) is 0 Å². The standard InChI is InChI=1S/C14H17ClN6O8S2.Na/c1-6(22)16-4-8-11(13(25)21(8)31(26,27)28)19-12(24)10(20-29-2)7-5-30-14(17-7)18-9(23)3-15;/h5,8,11H,3-4H2,1-2H3,(H,16,22)(H,19,24)(H,17,18,23)(H,26,27,28);/q;+1/p-1/t8-,11+;/m1./s1. The zero-order valence-electron chi connectivity index (χ0n) is 16.9. The summed E-state index contributed by atoms with van der Waals surface area (Å²) in [6.07, 6.45) is 0. The van der Waals surface area contributed by atoms with Crippen molar-refractivity contribution in [3.63, 3.8) is 0 Å². The summed E-state index contributed by atoms with van der Waals surface area (Å²) in [6.45, 7) is 0.756. The number of alkyl halides is 1. The molecular formula is C14H16ClN6NaO8S2. The number of carbonyl (C=O) groups excluding carboxylic acids is 4. The Hall–Kier alpha value is -1.82. The number of aromatic nitrogens is 1. The van der Waals surface area contributed by atoms with Crippen LogP contribution in [0, 0.1) is 0 Å². The summed E-state index contributed by atoms with van der Waals surface area (Å²) < 4.78 is 34.0. The Kier molecular flexibility index (Phi) is 10.5. The second kappa shape index (κ2) is 11.9. The van der Waals surface area contributed by atoms with E-state index < -0.39 is 52.6 Å². The summed E-state index contributed by atoms with van der Waals surface area (Å²) in [7, 11) is -4.01. The van der Waals surface area contributed by atoms with E-state index in [2.05, 4.69) is 30.9 Å². The first-order chi connectivity index (χ1) is 14.5. The van der Waals surface area contributed by atoms with Crippen molar-refractivity contribution >= 4 is 67.7 Å². The largest absolute Gasteiger partial charge is 1.00 e. The van der Waals surface area contributed by atoms with Crippen molar-refractivity contribution in [2.24, 2.45) is 5.16 Å². The van der Waals surface area contributed by atoms with Crippen molar-refractivity contribution in [3.8, 4) is 0 Å². The Labute approximate surface area is 213 Å². The minimum atomic E-state index is -5.16. The van der Waals surface area contributed by atoms with Gasteiger partial charge in [0, 0.05) is 18.8 Å². The van der Waals surface area contributed by atoms with Gasteiger partial charge in [-0.3, -0.25) is 19.2 Å². The van der Waals surface area contributed by atoms with Gasteiger partial charge in [0.05, 0.1) is 6.04 Å². The van der Waals surface area contributed by atoms with Gasteiger partial charge in [0.25, 0.3) is 11.8 Å². The molecule has 3 N–H and O–H groups in total. The molecule has 0 saturated carbocycles. The molecule has 1 fully saturated rings. The quantitative estimate of drug-likeness (QED) is 0.0714. The SMILES string of the molecule is CON=C(C(=O)N[C@@H]1C(=O)N(S(=O)(=O)[O-])[C@@H]1CNC(C)=O)c1csc(NC(=O)CCl)n1.[Na+]. The molecular weight excluding hydrogens is 503 g/mol. The average Bonchev–Trinajstić information content (AvgIpc) is 3.13. The molecule has 4 amide bonds. The number of thiazole rings is 1. The molecule has 0 spiro atoms. The summed E-state index contributed by atoms with van der Waals surface area (Å²) in [6, 6.07) is -2.76. The third kappa shape index (κ3) is 6.84. The Morgan fingerprint density at radius 2 is 2.06 bits per heavy atom. The minimum absolute atomic E-state index is 0. The number of carbonyl (C=O) groups is 4. The molecule has 2 heterocycles. The van der Waals surface area contributed by atoms with Crippen LogP contribution in [0.5, 0.6) is 0 Å². The van der Waals surface area contributed by atoms with Crippen LogP contribution in [0.2, 0.25) is 0 Å². The molecule has 14 nitrogen and oxygen atoms in total. The molecule has 1 saturated heterocycles. The van der Waals surface area contributed by atoms with Gasteiger partial charge in [0.2, 0.25) is 11.8 Å². The van der Waals surface area contributed by atoms with Gasteiger partial charge < -0.3 is 25.3 Å². The number of oxime groups is 1. The van der Waals surface area contributed by atoms with E-state index in [1.165, 1.54) is 5.38 Å². The van der Waals surface area contributed by atoms with Crippen molar-refractivity contribution in [1.29, 1.82) is 0 Å². The molecule has 18 heteroatoms. The fourth-order valence-electron chi connectivity index (χ4n) is 2.50. The first-order valence-electron chi connectivity index (χ1n) is 8.26. The van der Waals surface area contributed by atoms with Crippen LogP contribution in [-0.2, 0) is 34.3 Å². The monoisotopic (exact) mass is 518 g/mol. The molecule has 1 aliphatic rings. The summed E-state index contributed by atoms with van der Waals surface area (Å²) in [4.78, 5) is 55.9. The van der Waals surface area contributed by atoms with Crippen LogP contribution in [0.4, 0.5) is 5.13 Å². The van der Waals surface area contributed by atoms with Crippen LogP contribution < -0.4 is 45.5 Å². The second-order valence-electron chi connectivity index (χ2n) is 5.89. The smallest absolute Gasteiger partial charge is 0.731 e. The molecule has 2 rings (SSSR count). The number of hydrogen-bond acceptors (Lipinski definition) is 11. The van der Waals surface area contributed by atoms with E-state index in [1.54, 1.807) is 0 Å². The van der Waals surface area contributed by atoms with Crippen LogP contribution >= 0.6 is 22.9 Å². The Morgan fingerprint density at radius 3 is 2.59 bits per heavy atom. The average molecular weight is 519 g/mol. The van der Waals surface area contributed by atoms with Gasteiger partial charge in [-0.25, -0.2) is 17.7 Å². The topological polar surface area (TPSA) is 199 Å². The number of β-lactam (4-membered cyclic amide) rings is 1. The number of halogens is 1. The molecule has 32 heavy (non-hydrogen) atoms. The Bertz CT molecular complexity index is 1030. The first kappa shape index (κ1) is 28.2. The first-order valence-corrected chi connectivity index (χ1v) is 11.0. The van der Waals surface area contributed by atoms with E-state index in [1.807, 2.05) is 0 Å². The Morgan fingerprint density at radius 1 is 1.41 bits per heavy atom. The van der Waals surface area contributed by atoms with Gasteiger partial charge in [0.1, 0.15) is 24.7 Å². The van der Waals surface area contributed by atoms with E-state index in [9.17, 15) is 32.1 Å². The van der Waals surface area contributed by atoms with Crippen molar-refractivity contribution in [1.82, 2.24) is 19.9 Å². The van der Waals surface area contributed by atoms with Crippen molar-refractivity contribution in [2.75, 3.05) is 24.9 Å². The van der Waals surface area contributed by atoms with Gasteiger partial charge in [0.15, 0.2) is 21.1 Å². The minimum Gasteiger partial charge on any atom is -0.731 e. The predicted octanol–water partition coefficient (Wildman–Crippen LogP) is -5.03. The van der Waals surface area contributed by atoms with E-state index in [4.69, 9.17) is 11.6 Å². The Balaban J connectivity index is 0.00000512. The van der Waals surface area contributed by atoms with Gasteiger partial charge in [-0.1, -0.05) is 5.16 Å². The van der Waals surface area contributed by atoms with Gasteiger partial charge >= 0.3 is 29.6 Å². The predicted molar refractivity (Wildman–Crippen MR) is 106 cm³/mol. The fourth-order valence-corrected chi connectivity index (χ4v) is 4.14. The number of amides is 4. The zero-order chi connectivity index (χ0) is 23.3. The molecule has 1 aliphatic heterocycles. The third-order valence-electron chi connectivity index (χ3n) is 3.77. The molecule has 0 aromatic carbocycles. The third-order valence-corrected chi connectivity index (χ3v) is 5.70. The number of anilines is 1. The molecule has 1 aromatic rings. The maximum Gasteiger partial charge on any atom is 1.00 e. The molecule has 0 bridgehead atoms. The molecule has 1 aromatic heterocycles. The number of nitrogens with zero attached hydrogens (tertiary/aromatic N) is 3. The fraction of sp³-hybridized carbons (Fsp3) is 0.429.